The van der Waals surface area contributed by atoms with E-state index in [1.807, 2.05) is 0 Å². The highest BCUT2D eigenvalue weighted by Crippen LogP contribution is 2.64. The first kappa shape index (κ1) is 13.3. The van der Waals surface area contributed by atoms with Crippen molar-refractivity contribution in [1.29, 1.82) is 0 Å². The molecule has 1 nitrogen and oxygen atoms in total. The van der Waals surface area contributed by atoms with Crippen LogP contribution >= 0.6 is 15.9 Å². The zero-order valence-electron chi connectivity index (χ0n) is 12.2. The third-order valence-corrected chi connectivity index (χ3v) is 6.93. The minimum Gasteiger partial charge on any atom is -0.312 e. The molecule has 0 saturated heterocycles. The summed E-state index contributed by atoms with van der Waals surface area (Å²) in [5.74, 6) is 3.04. The highest BCUT2D eigenvalue weighted by atomic mass is 79.9. The normalized spacial score (nSPS) is 40.0. The first-order valence-corrected chi connectivity index (χ1v) is 8.91. The molecule has 108 valence electrons. The van der Waals surface area contributed by atoms with Crippen LogP contribution < -0.4 is 5.32 Å². The zero-order valence-corrected chi connectivity index (χ0v) is 13.8. The van der Waals surface area contributed by atoms with Crippen LogP contribution in [0.3, 0.4) is 0 Å². The summed E-state index contributed by atoms with van der Waals surface area (Å²) in [4.78, 5) is 0. The number of benzene rings is 1. The lowest BCUT2D eigenvalue weighted by Crippen LogP contribution is -2.51. The van der Waals surface area contributed by atoms with Gasteiger partial charge in [-0.3, -0.25) is 0 Å². The number of rotatable bonds is 3. The second-order valence-electron chi connectivity index (χ2n) is 7.52. The molecule has 0 aromatic heterocycles. The molecule has 0 heterocycles. The van der Waals surface area contributed by atoms with Crippen molar-refractivity contribution < 1.29 is 0 Å². The average molecular weight is 334 g/mol. The SMILES string of the molecule is CNC(c1ccccc1Br)C12CC3CC(CC(C3)C1)C2. The molecule has 0 aliphatic heterocycles. The van der Waals surface area contributed by atoms with Gasteiger partial charge in [-0.1, -0.05) is 34.1 Å². The van der Waals surface area contributed by atoms with Gasteiger partial charge in [-0.25, -0.2) is 0 Å². The molecule has 20 heavy (non-hydrogen) atoms. The van der Waals surface area contributed by atoms with E-state index in [1.54, 1.807) is 0 Å². The predicted molar refractivity (Wildman–Crippen MR) is 86.5 cm³/mol. The van der Waals surface area contributed by atoms with Crippen molar-refractivity contribution in [2.45, 2.75) is 44.6 Å². The maximum Gasteiger partial charge on any atom is 0.0386 e. The third-order valence-electron chi connectivity index (χ3n) is 6.20. The Kier molecular flexibility index (Phi) is 3.23. The van der Waals surface area contributed by atoms with Gasteiger partial charge in [-0.15, -0.1) is 0 Å². The van der Waals surface area contributed by atoms with Gasteiger partial charge in [-0.05, 0) is 80.4 Å². The van der Waals surface area contributed by atoms with E-state index in [4.69, 9.17) is 0 Å². The minimum absolute atomic E-state index is 0.520. The quantitative estimate of drug-likeness (QED) is 0.827. The van der Waals surface area contributed by atoms with Gasteiger partial charge >= 0.3 is 0 Å². The van der Waals surface area contributed by atoms with E-state index in [0.29, 0.717) is 11.5 Å². The van der Waals surface area contributed by atoms with Crippen molar-refractivity contribution >= 4 is 15.9 Å². The van der Waals surface area contributed by atoms with Gasteiger partial charge < -0.3 is 5.32 Å². The van der Waals surface area contributed by atoms with E-state index < -0.39 is 0 Å². The topological polar surface area (TPSA) is 12.0 Å². The van der Waals surface area contributed by atoms with Gasteiger partial charge in [0.05, 0.1) is 0 Å². The molecular formula is C18H24BrN. The Hall–Kier alpha value is -0.340. The molecule has 4 fully saturated rings. The molecule has 1 aromatic rings. The molecule has 0 radical (unpaired) electrons. The molecule has 0 spiro atoms. The summed E-state index contributed by atoms with van der Waals surface area (Å²) in [7, 11) is 2.16. The number of nitrogens with one attached hydrogen (secondary N) is 1. The van der Waals surface area contributed by atoms with Gasteiger partial charge in [0.1, 0.15) is 0 Å². The van der Waals surface area contributed by atoms with Crippen LogP contribution in [0.4, 0.5) is 0 Å². The van der Waals surface area contributed by atoms with E-state index in [0.717, 1.165) is 17.8 Å². The van der Waals surface area contributed by atoms with Crippen LogP contribution in [0.25, 0.3) is 0 Å². The lowest BCUT2D eigenvalue weighted by Gasteiger charge is -2.59. The highest BCUT2D eigenvalue weighted by Gasteiger charge is 2.54. The smallest absolute Gasteiger partial charge is 0.0386 e. The summed E-state index contributed by atoms with van der Waals surface area (Å²) in [6, 6.07) is 9.33. The van der Waals surface area contributed by atoms with Crippen molar-refractivity contribution in [1.82, 2.24) is 5.32 Å². The summed E-state index contributed by atoms with van der Waals surface area (Å²) >= 11 is 3.78. The van der Waals surface area contributed by atoms with Crippen LogP contribution in [0.5, 0.6) is 0 Å². The Morgan fingerprint density at radius 3 is 2.10 bits per heavy atom. The fourth-order valence-electron chi connectivity index (χ4n) is 6.03. The average Bonchev–Trinajstić information content (AvgIpc) is 2.40. The Labute approximate surface area is 130 Å². The van der Waals surface area contributed by atoms with Crippen molar-refractivity contribution in [3.8, 4) is 0 Å². The van der Waals surface area contributed by atoms with E-state index in [9.17, 15) is 0 Å². The summed E-state index contributed by atoms with van der Waals surface area (Å²) < 4.78 is 1.27. The first-order valence-electron chi connectivity index (χ1n) is 8.12. The Balaban J connectivity index is 1.73. The van der Waals surface area contributed by atoms with Crippen LogP contribution in [0.15, 0.2) is 28.7 Å². The fourth-order valence-corrected chi connectivity index (χ4v) is 6.55. The molecule has 4 bridgehead atoms. The monoisotopic (exact) mass is 333 g/mol. The van der Waals surface area contributed by atoms with Crippen LogP contribution in [0.1, 0.15) is 50.1 Å². The molecular weight excluding hydrogens is 310 g/mol. The number of hydrogen-bond acceptors (Lipinski definition) is 1. The standard InChI is InChI=1S/C18H24BrN/c1-20-17(15-4-2-3-5-16(15)19)18-9-12-6-13(10-18)8-14(7-12)11-18/h2-5,12-14,17,20H,6-11H2,1H3. The second-order valence-corrected chi connectivity index (χ2v) is 8.38. The number of halogens is 1. The largest absolute Gasteiger partial charge is 0.312 e. The first-order chi connectivity index (χ1) is 9.70. The van der Waals surface area contributed by atoms with Crippen molar-refractivity contribution in [2.75, 3.05) is 7.05 Å². The summed E-state index contributed by atoms with van der Waals surface area (Å²) in [5.41, 5.74) is 1.99. The summed E-state index contributed by atoms with van der Waals surface area (Å²) in [6.45, 7) is 0. The number of hydrogen-bond donors (Lipinski definition) is 1. The van der Waals surface area contributed by atoms with E-state index in [2.05, 4.69) is 52.6 Å². The lowest BCUT2D eigenvalue weighted by molar-refractivity contribution is -0.0737. The Morgan fingerprint density at radius 2 is 1.60 bits per heavy atom. The van der Waals surface area contributed by atoms with Crippen LogP contribution in [-0.4, -0.2) is 7.05 Å². The maximum atomic E-state index is 3.78. The molecule has 5 rings (SSSR count). The maximum absolute atomic E-state index is 3.78. The molecule has 1 N–H and O–H groups in total. The molecule has 2 heteroatoms. The molecule has 4 saturated carbocycles. The van der Waals surface area contributed by atoms with Crippen LogP contribution in [0, 0.1) is 23.2 Å². The zero-order chi connectivity index (χ0) is 13.7. The predicted octanol–water partition coefficient (Wildman–Crippen LogP) is 4.93. The highest BCUT2D eigenvalue weighted by molar-refractivity contribution is 9.10. The van der Waals surface area contributed by atoms with Gasteiger partial charge in [0.25, 0.3) is 0 Å². The minimum atomic E-state index is 0.520. The Bertz CT molecular complexity index is 475. The molecule has 0 amide bonds. The molecule has 1 aromatic carbocycles. The third kappa shape index (κ3) is 1.99. The van der Waals surface area contributed by atoms with Crippen molar-refractivity contribution in [3.05, 3.63) is 34.3 Å². The molecule has 4 aliphatic rings. The van der Waals surface area contributed by atoms with Gasteiger partial charge in [0.2, 0.25) is 0 Å². The second kappa shape index (κ2) is 4.84. The fraction of sp³-hybridized carbons (Fsp3) is 0.667. The van der Waals surface area contributed by atoms with Gasteiger partial charge in [0, 0.05) is 10.5 Å². The van der Waals surface area contributed by atoms with Crippen molar-refractivity contribution in [3.63, 3.8) is 0 Å². The van der Waals surface area contributed by atoms with Crippen LogP contribution in [0.2, 0.25) is 0 Å². The van der Waals surface area contributed by atoms with E-state index >= 15 is 0 Å². The van der Waals surface area contributed by atoms with Crippen LogP contribution in [-0.2, 0) is 0 Å². The van der Waals surface area contributed by atoms with E-state index in [1.165, 1.54) is 48.6 Å². The van der Waals surface area contributed by atoms with Crippen molar-refractivity contribution in [2.24, 2.45) is 23.2 Å². The van der Waals surface area contributed by atoms with Gasteiger partial charge in [-0.2, -0.15) is 0 Å². The lowest BCUT2D eigenvalue weighted by atomic mass is 9.47. The Morgan fingerprint density at radius 1 is 1.05 bits per heavy atom. The molecule has 1 atom stereocenters. The van der Waals surface area contributed by atoms with E-state index in [-0.39, 0.29) is 0 Å². The van der Waals surface area contributed by atoms with Gasteiger partial charge in [0.15, 0.2) is 0 Å². The molecule has 4 aliphatic carbocycles. The summed E-state index contributed by atoms with van der Waals surface area (Å²) in [6.07, 6.45) is 8.91. The summed E-state index contributed by atoms with van der Waals surface area (Å²) in [5, 5.41) is 3.69. The molecule has 1 unspecified atom stereocenters.